The summed E-state index contributed by atoms with van der Waals surface area (Å²) in [5, 5.41) is 8.64. The van der Waals surface area contributed by atoms with Gasteiger partial charge in [0.1, 0.15) is 11.1 Å². The van der Waals surface area contributed by atoms with Crippen molar-refractivity contribution in [3.63, 3.8) is 0 Å². The van der Waals surface area contributed by atoms with Crippen LogP contribution in [0.5, 0.6) is 0 Å². The number of carbonyl (C=O) groups excluding carboxylic acids is 2. The van der Waals surface area contributed by atoms with Gasteiger partial charge in [0.25, 0.3) is 5.91 Å². The van der Waals surface area contributed by atoms with Gasteiger partial charge in [-0.05, 0) is 58.4 Å². The van der Waals surface area contributed by atoms with Gasteiger partial charge in [-0.3, -0.25) is 9.48 Å². The van der Waals surface area contributed by atoms with Crippen molar-refractivity contribution in [1.82, 2.24) is 20.0 Å². The number of ether oxygens (including phenoxy) is 1. The predicted molar refractivity (Wildman–Crippen MR) is 111 cm³/mol. The van der Waals surface area contributed by atoms with E-state index in [1.54, 1.807) is 4.90 Å². The molecule has 4 rings (SSSR count). The van der Waals surface area contributed by atoms with Crippen molar-refractivity contribution in [2.24, 2.45) is 17.8 Å². The van der Waals surface area contributed by atoms with E-state index in [-0.39, 0.29) is 18.0 Å². The molecule has 7 nitrogen and oxygen atoms in total. The van der Waals surface area contributed by atoms with Crippen LogP contribution in [0.2, 0.25) is 0 Å². The number of amides is 2. The second-order valence-corrected chi connectivity index (χ2v) is 9.53. The Kier molecular flexibility index (Phi) is 4.79. The number of nitrogens with one attached hydrogen (secondary N) is 1. The molecule has 29 heavy (non-hydrogen) atoms. The molecule has 1 aromatic heterocycles. The van der Waals surface area contributed by atoms with E-state index in [1.807, 2.05) is 49.8 Å². The molecule has 0 spiro atoms. The van der Waals surface area contributed by atoms with Gasteiger partial charge < -0.3 is 15.0 Å². The average molecular weight is 399 g/mol. The number of aromatic nitrogens is 2. The molecule has 1 N–H and O–H groups in total. The van der Waals surface area contributed by atoms with E-state index in [4.69, 9.17) is 4.74 Å². The van der Waals surface area contributed by atoms with Crippen LogP contribution in [0.3, 0.4) is 0 Å². The Bertz CT molecular complexity index is 931. The maximum absolute atomic E-state index is 12.8. The third-order valence-corrected chi connectivity index (χ3v) is 5.85. The number of hydrogen-bond acceptors (Lipinski definition) is 4. The van der Waals surface area contributed by atoms with Crippen LogP contribution in [0.1, 0.15) is 51.0 Å². The molecule has 0 bridgehead atoms. The lowest BCUT2D eigenvalue weighted by Crippen LogP contribution is -2.38. The summed E-state index contributed by atoms with van der Waals surface area (Å²) in [7, 11) is 0. The maximum atomic E-state index is 12.8. The van der Waals surface area contributed by atoms with Crippen LogP contribution in [0.25, 0.3) is 10.9 Å². The molecular formula is C22H30N4O3. The highest BCUT2D eigenvalue weighted by molar-refractivity contribution is 6.05. The summed E-state index contributed by atoms with van der Waals surface area (Å²) in [6, 6.07) is 5.95. The minimum Gasteiger partial charge on any atom is -0.444 e. The summed E-state index contributed by atoms with van der Waals surface area (Å²) < 4.78 is 7.34. The zero-order valence-electron chi connectivity index (χ0n) is 17.8. The fourth-order valence-corrected chi connectivity index (χ4v) is 4.25. The molecule has 2 unspecified atom stereocenters. The lowest BCUT2D eigenvalue weighted by Gasteiger charge is -2.25. The lowest BCUT2D eigenvalue weighted by atomic mass is 10.1. The number of likely N-dealkylation sites (tertiary alicyclic amines) is 1. The van der Waals surface area contributed by atoms with Gasteiger partial charge in [0.15, 0.2) is 0 Å². The van der Waals surface area contributed by atoms with E-state index >= 15 is 0 Å². The molecule has 2 fully saturated rings. The number of nitrogens with zero attached hydrogens (tertiary/aromatic N) is 3. The van der Waals surface area contributed by atoms with Crippen molar-refractivity contribution in [1.29, 1.82) is 0 Å². The van der Waals surface area contributed by atoms with Crippen LogP contribution in [0, 0.1) is 17.8 Å². The van der Waals surface area contributed by atoms with Crippen molar-refractivity contribution in [2.75, 3.05) is 19.6 Å². The minimum atomic E-state index is -0.471. The molecule has 2 aliphatic rings. The third kappa shape index (κ3) is 3.95. The average Bonchev–Trinajstić information content (AvgIpc) is 3.02. The number of rotatable bonds is 4. The Hall–Kier alpha value is -2.57. The number of piperidine rings is 1. The molecule has 1 aliphatic carbocycles. The Morgan fingerprint density at radius 2 is 1.93 bits per heavy atom. The zero-order valence-corrected chi connectivity index (χ0v) is 17.8. The Labute approximate surface area is 171 Å². The fourth-order valence-electron chi connectivity index (χ4n) is 4.25. The summed E-state index contributed by atoms with van der Waals surface area (Å²) >= 11 is 0. The highest BCUT2D eigenvalue weighted by Crippen LogP contribution is 2.51. The summed E-state index contributed by atoms with van der Waals surface area (Å²) in [4.78, 5) is 26.7. The SMILES string of the molecule is CC(C)n1cc2cccc(C(=O)NCC3C4CN(C(=O)OC(C)(C)C)CC34)c2n1. The van der Waals surface area contributed by atoms with E-state index < -0.39 is 5.60 Å². The molecule has 1 aromatic carbocycles. The van der Waals surface area contributed by atoms with Gasteiger partial charge in [-0.15, -0.1) is 0 Å². The molecule has 156 valence electrons. The minimum absolute atomic E-state index is 0.0846. The predicted octanol–water partition coefficient (Wildman–Crippen LogP) is 3.46. The van der Waals surface area contributed by atoms with Crippen molar-refractivity contribution >= 4 is 22.9 Å². The van der Waals surface area contributed by atoms with Crippen molar-refractivity contribution in [3.05, 3.63) is 30.0 Å². The van der Waals surface area contributed by atoms with Crippen molar-refractivity contribution < 1.29 is 14.3 Å². The molecule has 2 aromatic rings. The van der Waals surface area contributed by atoms with E-state index in [9.17, 15) is 9.59 Å². The van der Waals surface area contributed by atoms with Crippen LogP contribution >= 0.6 is 0 Å². The second-order valence-electron chi connectivity index (χ2n) is 9.53. The number of hydrogen-bond donors (Lipinski definition) is 1. The van der Waals surface area contributed by atoms with Gasteiger partial charge in [-0.2, -0.15) is 5.10 Å². The summed E-state index contributed by atoms with van der Waals surface area (Å²) in [5.41, 5.74) is 0.884. The summed E-state index contributed by atoms with van der Waals surface area (Å²) in [6.07, 6.45) is 1.74. The van der Waals surface area contributed by atoms with E-state index in [0.29, 0.717) is 43.0 Å². The molecule has 2 heterocycles. The van der Waals surface area contributed by atoms with Gasteiger partial charge in [-0.25, -0.2) is 4.79 Å². The summed E-state index contributed by atoms with van der Waals surface area (Å²) in [5.74, 6) is 1.26. The molecular weight excluding hydrogens is 368 g/mol. The first-order valence-corrected chi connectivity index (χ1v) is 10.4. The number of fused-ring (bicyclic) bond motifs is 2. The topological polar surface area (TPSA) is 76.5 Å². The van der Waals surface area contributed by atoms with E-state index in [1.165, 1.54) is 0 Å². The quantitative estimate of drug-likeness (QED) is 0.856. The molecule has 1 aliphatic heterocycles. The highest BCUT2D eigenvalue weighted by atomic mass is 16.6. The van der Waals surface area contributed by atoms with Crippen LogP contribution in [-0.2, 0) is 4.74 Å². The molecule has 2 amide bonds. The Balaban J connectivity index is 1.32. The standard InChI is InChI=1S/C22H30N4O3/c1-13(2)26-10-14-7-6-8-15(19(14)24-26)20(27)23-9-16-17-11-25(12-18(16)17)21(28)29-22(3,4)5/h6-8,10,13,16-18H,9,11-12H2,1-5H3,(H,23,27). The maximum Gasteiger partial charge on any atom is 0.410 e. The summed E-state index contributed by atoms with van der Waals surface area (Å²) in [6.45, 7) is 11.8. The fraction of sp³-hybridized carbons (Fsp3) is 0.591. The van der Waals surface area contributed by atoms with E-state index in [0.717, 1.165) is 10.9 Å². The first-order chi connectivity index (χ1) is 13.6. The van der Waals surface area contributed by atoms with Gasteiger partial charge in [0.05, 0.1) is 5.56 Å². The van der Waals surface area contributed by atoms with Crippen molar-refractivity contribution in [3.8, 4) is 0 Å². The molecule has 1 saturated heterocycles. The Morgan fingerprint density at radius 1 is 1.24 bits per heavy atom. The van der Waals surface area contributed by atoms with Crippen LogP contribution in [0.4, 0.5) is 4.79 Å². The number of benzene rings is 1. The monoisotopic (exact) mass is 398 g/mol. The second kappa shape index (κ2) is 7.04. The van der Waals surface area contributed by atoms with Gasteiger partial charge in [0, 0.05) is 37.3 Å². The van der Waals surface area contributed by atoms with Gasteiger partial charge >= 0.3 is 6.09 Å². The van der Waals surface area contributed by atoms with Crippen LogP contribution in [-0.4, -0.2) is 51.9 Å². The van der Waals surface area contributed by atoms with Crippen LogP contribution < -0.4 is 5.32 Å². The van der Waals surface area contributed by atoms with Crippen molar-refractivity contribution in [2.45, 2.75) is 46.3 Å². The first kappa shape index (κ1) is 19.7. The molecule has 0 radical (unpaired) electrons. The van der Waals surface area contributed by atoms with E-state index in [2.05, 4.69) is 24.3 Å². The normalized spacial score (nSPS) is 23.4. The molecule has 7 heteroatoms. The first-order valence-electron chi connectivity index (χ1n) is 10.4. The molecule has 1 saturated carbocycles. The molecule has 2 atom stereocenters. The number of carbonyl (C=O) groups is 2. The lowest BCUT2D eigenvalue weighted by molar-refractivity contribution is 0.0265. The van der Waals surface area contributed by atoms with Gasteiger partial charge in [0.2, 0.25) is 0 Å². The third-order valence-electron chi connectivity index (χ3n) is 5.85. The van der Waals surface area contributed by atoms with Crippen LogP contribution in [0.15, 0.2) is 24.4 Å². The highest BCUT2D eigenvalue weighted by Gasteiger charge is 2.56. The zero-order chi connectivity index (χ0) is 20.9. The smallest absolute Gasteiger partial charge is 0.410 e. The van der Waals surface area contributed by atoms with Gasteiger partial charge in [-0.1, -0.05) is 12.1 Å². The largest absolute Gasteiger partial charge is 0.444 e. The Morgan fingerprint density at radius 3 is 2.55 bits per heavy atom.